The largest absolute Gasteiger partial charge is 0.539 e. The molecule has 0 amide bonds. The van der Waals surface area contributed by atoms with Gasteiger partial charge in [0, 0.05) is 18.2 Å². The summed E-state index contributed by atoms with van der Waals surface area (Å²) in [5, 5.41) is 24.4. The van der Waals surface area contributed by atoms with Crippen LogP contribution in [-0.2, 0) is 9.53 Å². The van der Waals surface area contributed by atoms with Crippen LogP contribution in [0.3, 0.4) is 0 Å². The first-order chi connectivity index (χ1) is 10.6. The first-order valence-corrected chi connectivity index (χ1v) is 6.51. The molecule has 2 aromatic rings. The van der Waals surface area contributed by atoms with Crippen LogP contribution in [-0.4, -0.2) is 17.8 Å². The van der Waals surface area contributed by atoms with Crippen molar-refractivity contribution >= 4 is 12.0 Å². The van der Waals surface area contributed by atoms with Gasteiger partial charge < -0.3 is 14.4 Å². The molecule has 0 saturated heterocycles. The van der Waals surface area contributed by atoms with Crippen LogP contribution >= 0.6 is 0 Å². The van der Waals surface area contributed by atoms with Crippen molar-refractivity contribution in [1.29, 1.82) is 5.26 Å². The van der Waals surface area contributed by atoms with E-state index in [1.54, 1.807) is 25.1 Å². The Bertz CT molecular complexity index is 754. The second-order valence-corrected chi connectivity index (χ2v) is 4.38. The molecule has 2 rings (SSSR count). The maximum Gasteiger partial charge on any atom is 0.349 e. The first-order valence-electron chi connectivity index (χ1n) is 6.51. The summed E-state index contributed by atoms with van der Waals surface area (Å²) in [5.41, 5.74) is 1.27. The van der Waals surface area contributed by atoms with Gasteiger partial charge in [-0.25, -0.2) is 4.79 Å². The maximum atomic E-state index is 11.8. The third kappa shape index (κ3) is 3.12. The lowest BCUT2D eigenvalue weighted by molar-refractivity contribution is -0.672. The molecule has 1 aromatic heterocycles. The molecule has 22 heavy (non-hydrogen) atoms. The van der Waals surface area contributed by atoms with Gasteiger partial charge in [-0.05, 0) is 18.5 Å². The van der Waals surface area contributed by atoms with Crippen molar-refractivity contribution in [2.75, 3.05) is 6.61 Å². The van der Waals surface area contributed by atoms with E-state index in [2.05, 4.69) is 9.79 Å². The van der Waals surface area contributed by atoms with E-state index in [1.807, 2.05) is 19.1 Å². The van der Waals surface area contributed by atoms with Gasteiger partial charge in [-0.2, -0.15) is 5.26 Å². The van der Waals surface area contributed by atoms with Gasteiger partial charge >= 0.3 is 5.97 Å². The van der Waals surface area contributed by atoms with Gasteiger partial charge in [0.1, 0.15) is 11.6 Å². The van der Waals surface area contributed by atoms with Gasteiger partial charge in [0.05, 0.1) is 11.9 Å². The van der Waals surface area contributed by atoms with Crippen LogP contribution in [0.5, 0.6) is 5.95 Å². The minimum Gasteiger partial charge on any atom is -0.539 e. The fourth-order valence-electron chi connectivity index (χ4n) is 1.73. The molecular formula is C15H13N3O4. The molecule has 0 aliphatic heterocycles. The molecule has 0 aliphatic carbocycles. The highest BCUT2D eigenvalue weighted by atomic mass is 16.6. The molecule has 7 nitrogen and oxygen atoms in total. The Hall–Kier alpha value is -3.14. The average molecular weight is 299 g/mol. The third-order valence-electron chi connectivity index (χ3n) is 2.82. The van der Waals surface area contributed by atoms with E-state index in [9.17, 15) is 9.90 Å². The van der Waals surface area contributed by atoms with Crippen molar-refractivity contribution < 1.29 is 23.8 Å². The zero-order valence-electron chi connectivity index (χ0n) is 12.1. The number of hydrogen-bond donors (Lipinski definition) is 0. The highest BCUT2D eigenvalue weighted by Gasteiger charge is 2.21. The number of hydrogen-bond acceptors (Lipinski definition) is 6. The van der Waals surface area contributed by atoms with Gasteiger partial charge in [0.2, 0.25) is 5.69 Å². The summed E-state index contributed by atoms with van der Waals surface area (Å²) >= 11 is 0. The Morgan fingerprint density at radius 2 is 2.18 bits per heavy atom. The third-order valence-corrected chi connectivity index (χ3v) is 2.82. The van der Waals surface area contributed by atoms with E-state index in [4.69, 9.17) is 10.00 Å². The number of carbonyl (C=O) groups is 1. The Morgan fingerprint density at radius 1 is 1.50 bits per heavy atom. The zero-order valence-corrected chi connectivity index (χ0v) is 12.1. The summed E-state index contributed by atoms with van der Waals surface area (Å²) in [6.07, 6.45) is 1.11. The van der Waals surface area contributed by atoms with Crippen molar-refractivity contribution in [2.45, 2.75) is 13.8 Å². The van der Waals surface area contributed by atoms with Gasteiger partial charge in [-0.15, -0.1) is 0 Å². The summed E-state index contributed by atoms with van der Waals surface area (Å²) in [5.74, 6) is -1.56. The summed E-state index contributed by atoms with van der Waals surface area (Å²) in [6.45, 7) is 3.67. The van der Waals surface area contributed by atoms with Crippen LogP contribution in [0.25, 0.3) is 11.8 Å². The molecule has 0 N–H and O–H groups in total. The van der Waals surface area contributed by atoms with E-state index in [1.165, 1.54) is 4.68 Å². The lowest BCUT2D eigenvalue weighted by atomic mass is 10.2. The number of ether oxygens (including phenoxy) is 1. The molecule has 0 atom stereocenters. The number of benzene rings is 1. The van der Waals surface area contributed by atoms with Crippen molar-refractivity contribution in [3.8, 4) is 17.7 Å². The van der Waals surface area contributed by atoms with Crippen molar-refractivity contribution in [3.63, 3.8) is 0 Å². The van der Waals surface area contributed by atoms with Crippen LogP contribution in [0.2, 0.25) is 0 Å². The highest BCUT2D eigenvalue weighted by molar-refractivity contribution is 5.97. The Morgan fingerprint density at radius 3 is 2.77 bits per heavy atom. The van der Waals surface area contributed by atoms with E-state index < -0.39 is 11.9 Å². The van der Waals surface area contributed by atoms with Crippen LogP contribution in [0.4, 0.5) is 0 Å². The average Bonchev–Trinajstić information content (AvgIpc) is 2.86. The predicted octanol–water partition coefficient (Wildman–Crippen LogP) is 0.803. The Kier molecular flexibility index (Phi) is 4.53. The molecule has 0 radical (unpaired) electrons. The van der Waals surface area contributed by atoms with Gasteiger partial charge in [-0.1, -0.05) is 17.7 Å². The van der Waals surface area contributed by atoms with Crippen LogP contribution in [0, 0.1) is 18.3 Å². The SMILES string of the molecule is CCOC(=O)/C(C#N)=C/c1c([O-])on[n+]1-c1ccc(C)cc1. The number of rotatable bonds is 4. The lowest BCUT2D eigenvalue weighted by Crippen LogP contribution is -2.35. The number of carbonyl (C=O) groups excluding carboxylic acids is 1. The second kappa shape index (κ2) is 6.54. The Balaban J connectivity index is 2.48. The van der Waals surface area contributed by atoms with Crippen LogP contribution < -0.4 is 9.79 Å². The molecule has 0 spiro atoms. The molecule has 112 valence electrons. The fourth-order valence-corrected chi connectivity index (χ4v) is 1.73. The number of nitriles is 1. The first kappa shape index (κ1) is 15.3. The summed E-state index contributed by atoms with van der Waals surface area (Å²) < 4.78 is 10.6. The number of aromatic nitrogens is 2. The number of nitrogens with zero attached hydrogens (tertiary/aromatic N) is 3. The molecule has 7 heteroatoms. The van der Waals surface area contributed by atoms with Gasteiger partial charge in [0.25, 0.3) is 5.69 Å². The maximum absolute atomic E-state index is 11.8. The highest BCUT2D eigenvalue weighted by Crippen LogP contribution is 2.15. The van der Waals surface area contributed by atoms with Crippen LogP contribution in [0.1, 0.15) is 18.2 Å². The fraction of sp³-hybridized carbons (Fsp3) is 0.200. The standard InChI is InChI=1S/C15H13N3O4/c1-3-21-14(19)11(9-16)8-13-15(20)22-17-18(13)12-6-4-10(2)5-7-12/h4-8H,3H2,1-2H3. The molecule has 0 unspecified atom stereocenters. The predicted molar refractivity (Wildman–Crippen MR) is 72.4 cm³/mol. The second-order valence-electron chi connectivity index (χ2n) is 4.38. The number of esters is 1. The van der Waals surface area contributed by atoms with Crippen molar-refractivity contribution in [2.24, 2.45) is 0 Å². The number of aryl methyl sites for hydroxylation is 1. The van der Waals surface area contributed by atoms with E-state index in [0.717, 1.165) is 11.6 Å². The van der Waals surface area contributed by atoms with Gasteiger partial charge in [0.15, 0.2) is 5.95 Å². The van der Waals surface area contributed by atoms with E-state index in [0.29, 0.717) is 5.69 Å². The summed E-state index contributed by atoms with van der Waals surface area (Å²) in [7, 11) is 0. The van der Waals surface area contributed by atoms with E-state index >= 15 is 0 Å². The lowest BCUT2D eigenvalue weighted by Gasteiger charge is -1.99. The van der Waals surface area contributed by atoms with Crippen molar-refractivity contribution in [3.05, 3.63) is 41.1 Å². The monoisotopic (exact) mass is 299 g/mol. The minimum atomic E-state index is -0.805. The zero-order chi connectivity index (χ0) is 16.1. The summed E-state index contributed by atoms with van der Waals surface area (Å²) in [6, 6.07) is 8.86. The molecule has 0 fully saturated rings. The summed E-state index contributed by atoms with van der Waals surface area (Å²) in [4.78, 5) is 11.6. The quantitative estimate of drug-likeness (QED) is 0.358. The normalized spacial score (nSPS) is 11.0. The molecule has 0 bridgehead atoms. The van der Waals surface area contributed by atoms with Gasteiger partial charge in [-0.3, -0.25) is 0 Å². The minimum absolute atomic E-state index is 0.0338. The van der Waals surface area contributed by atoms with Crippen molar-refractivity contribution in [1.82, 2.24) is 5.27 Å². The topological polar surface area (TPSA) is 103 Å². The molecule has 1 heterocycles. The molecule has 0 aliphatic rings. The molecular weight excluding hydrogens is 286 g/mol. The smallest absolute Gasteiger partial charge is 0.349 e. The van der Waals surface area contributed by atoms with Crippen LogP contribution in [0.15, 0.2) is 34.4 Å². The Labute approximate surface area is 126 Å². The van der Waals surface area contributed by atoms with E-state index in [-0.39, 0.29) is 17.9 Å². The molecule has 0 saturated carbocycles. The molecule has 1 aromatic carbocycles.